The lowest BCUT2D eigenvalue weighted by molar-refractivity contribution is 0.648. The van der Waals surface area contributed by atoms with Gasteiger partial charge in [0, 0.05) is 4.88 Å². The highest BCUT2D eigenvalue weighted by molar-refractivity contribution is 7.10. The van der Waals surface area contributed by atoms with E-state index in [1.54, 1.807) is 17.7 Å². The first-order chi connectivity index (χ1) is 6.29. The van der Waals surface area contributed by atoms with E-state index in [4.69, 9.17) is 11.6 Å². The fourth-order valence-corrected chi connectivity index (χ4v) is 2.17. The number of aromatic nitrogens is 3. The fraction of sp³-hybridized carbons (Fsp3) is 0.250. The third-order valence-electron chi connectivity index (χ3n) is 1.90. The summed E-state index contributed by atoms with van der Waals surface area (Å²) < 4.78 is 1.84. The molecule has 68 valence electrons. The van der Waals surface area contributed by atoms with E-state index in [2.05, 4.69) is 23.2 Å². The summed E-state index contributed by atoms with van der Waals surface area (Å²) in [4.78, 5) is 1.25. The molecule has 0 fully saturated rings. The molecular formula is C8H8ClN3S. The molecule has 0 amide bonds. The molecule has 0 aliphatic carbocycles. The lowest BCUT2D eigenvalue weighted by Crippen LogP contribution is -2.03. The van der Waals surface area contributed by atoms with E-state index < -0.39 is 0 Å². The summed E-state index contributed by atoms with van der Waals surface area (Å²) in [5.74, 6) is 0. The van der Waals surface area contributed by atoms with Crippen molar-refractivity contribution in [2.75, 3.05) is 0 Å². The second kappa shape index (κ2) is 3.47. The van der Waals surface area contributed by atoms with Crippen molar-refractivity contribution in [3.8, 4) is 0 Å². The Hall–Kier alpha value is -0.870. The lowest BCUT2D eigenvalue weighted by atomic mass is 10.3. The van der Waals surface area contributed by atoms with Crippen molar-refractivity contribution in [2.45, 2.75) is 13.0 Å². The van der Waals surface area contributed by atoms with Crippen molar-refractivity contribution < 1.29 is 0 Å². The van der Waals surface area contributed by atoms with Crippen LogP contribution in [0.25, 0.3) is 0 Å². The van der Waals surface area contributed by atoms with Crippen molar-refractivity contribution in [2.24, 2.45) is 0 Å². The van der Waals surface area contributed by atoms with Crippen molar-refractivity contribution >= 4 is 22.9 Å². The normalized spacial score (nSPS) is 13.1. The Balaban J connectivity index is 2.33. The summed E-state index contributed by atoms with van der Waals surface area (Å²) in [6, 6.07) is 4.31. The molecule has 1 unspecified atom stereocenters. The molecule has 5 heteroatoms. The molecular weight excluding hydrogens is 206 g/mol. The molecule has 0 saturated heterocycles. The number of nitrogens with zero attached hydrogens (tertiary/aromatic N) is 3. The summed E-state index contributed by atoms with van der Waals surface area (Å²) in [6.45, 7) is 2.07. The topological polar surface area (TPSA) is 30.7 Å². The molecule has 1 atom stereocenters. The maximum Gasteiger partial charge on any atom is 0.225 e. The highest BCUT2D eigenvalue weighted by atomic mass is 35.5. The molecule has 0 spiro atoms. The standard InChI is InChI=1S/C8H8ClN3S/c1-6(7-3-2-4-13-7)12-5-10-11-8(12)9/h2-6H,1H3. The quantitative estimate of drug-likeness (QED) is 0.768. The van der Waals surface area contributed by atoms with Gasteiger partial charge in [0.2, 0.25) is 5.28 Å². The Morgan fingerprint density at radius 2 is 2.46 bits per heavy atom. The van der Waals surface area contributed by atoms with Gasteiger partial charge < -0.3 is 0 Å². The SMILES string of the molecule is CC(c1cccs1)n1cnnc1Cl. The largest absolute Gasteiger partial charge is 0.296 e. The van der Waals surface area contributed by atoms with Crippen LogP contribution in [0.3, 0.4) is 0 Å². The zero-order chi connectivity index (χ0) is 9.26. The van der Waals surface area contributed by atoms with Gasteiger partial charge in [-0.05, 0) is 30.0 Å². The highest BCUT2D eigenvalue weighted by Crippen LogP contribution is 2.24. The third-order valence-corrected chi connectivity index (χ3v) is 3.21. The van der Waals surface area contributed by atoms with E-state index in [-0.39, 0.29) is 6.04 Å². The van der Waals surface area contributed by atoms with Gasteiger partial charge in [0.25, 0.3) is 0 Å². The second-order valence-electron chi connectivity index (χ2n) is 2.70. The molecule has 0 saturated carbocycles. The van der Waals surface area contributed by atoms with Crippen LogP contribution < -0.4 is 0 Å². The molecule has 2 aromatic rings. The monoisotopic (exact) mass is 213 g/mol. The predicted octanol–water partition coefficient (Wildman–Crippen LogP) is 2.60. The molecule has 0 aliphatic heterocycles. The van der Waals surface area contributed by atoms with Crippen LogP contribution >= 0.6 is 22.9 Å². The number of halogens is 1. The lowest BCUT2D eigenvalue weighted by Gasteiger charge is -2.10. The van der Waals surface area contributed by atoms with Crippen LogP contribution in [0.1, 0.15) is 17.8 Å². The van der Waals surface area contributed by atoms with Gasteiger partial charge in [0.05, 0.1) is 6.04 Å². The van der Waals surface area contributed by atoms with Crippen LogP contribution in [0.4, 0.5) is 0 Å². The summed E-state index contributed by atoms with van der Waals surface area (Å²) in [5.41, 5.74) is 0. The van der Waals surface area contributed by atoms with E-state index in [1.165, 1.54) is 4.88 Å². The average Bonchev–Trinajstić information content (AvgIpc) is 2.72. The minimum absolute atomic E-state index is 0.211. The molecule has 13 heavy (non-hydrogen) atoms. The first kappa shape index (κ1) is 8.72. The summed E-state index contributed by atoms with van der Waals surface area (Å²) >= 11 is 7.55. The number of hydrogen-bond acceptors (Lipinski definition) is 3. The van der Waals surface area contributed by atoms with Gasteiger partial charge >= 0.3 is 0 Å². The molecule has 2 aromatic heterocycles. The first-order valence-corrected chi connectivity index (χ1v) is 5.13. The van der Waals surface area contributed by atoms with Crippen LogP contribution in [-0.2, 0) is 0 Å². The Morgan fingerprint density at radius 1 is 1.62 bits per heavy atom. The molecule has 0 radical (unpaired) electrons. The second-order valence-corrected chi connectivity index (χ2v) is 4.02. The maximum absolute atomic E-state index is 5.85. The summed E-state index contributed by atoms with van der Waals surface area (Å²) in [7, 11) is 0. The highest BCUT2D eigenvalue weighted by Gasteiger charge is 2.11. The van der Waals surface area contributed by atoms with Crippen molar-refractivity contribution in [1.82, 2.24) is 14.8 Å². The first-order valence-electron chi connectivity index (χ1n) is 3.87. The van der Waals surface area contributed by atoms with E-state index in [1.807, 2.05) is 16.0 Å². The molecule has 0 aliphatic rings. The third kappa shape index (κ3) is 1.59. The van der Waals surface area contributed by atoms with E-state index >= 15 is 0 Å². The van der Waals surface area contributed by atoms with Crippen LogP contribution in [0.2, 0.25) is 5.28 Å². The minimum Gasteiger partial charge on any atom is -0.296 e. The fourth-order valence-electron chi connectivity index (χ4n) is 1.15. The number of hydrogen-bond donors (Lipinski definition) is 0. The minimum atomic E-state index is 0.211. The zero-order valence-electron chi connectivity index (χ0n) is 7.01. The molecule has 2 heterocycles. The molecule has 3 nitrogen and oxygen atoms in total. The smallest absolute Gasteiger partial charge is 0.225 e. The average molecular weight is 214 g/mol. The van der Waals surface area contributed by atoms with Gasteiger partial charge in [-0.2, -0.15) is 0 Å². The summed E-state index contributed by atoms with van der Waals surface area (Å²) in [6.07, 6.45) is 1.65. The molecule has 0 aromatic carbocycles. The summed E-state index contributed by atoms with van der Waals surface area (Å²) in [5, 5.41) is 9.95. The van der Waals surface area contributed by atoms with Gasteiger partial charge in [-0.25, -0.2) is 0 Å². The molecule has 0 N–H and O–H groups in total. The van der Waals surface area contributed by atoms with Gasteiger partial charge in [-0.15, -0.1) is 21.5 Å². The van der Waals surface area contributed by atoms with E-state index in [0.29, 0.717) is 5.28 Å². The Labute approximate surface area is 85.0 Å². The Kier molecular flexibility index (Phi) is 2.33. The predicted molar refractivity (Wildman–Crippen MR) is 53.2 cm³/mol. The van der Waals surface area contributed by atoms with Gasteiger partial charge in [-0.3, -0.25) is 4.57 Å². The maximum atomic E-state index is 5.85. The van der Waals surface area contributed by atoms with Crippen LogP contribution in [-0.4, -0.2) is 14.8 Å². The van der Waals surface area contributed by atoms with Crippen molar-refractivity contribution in [1.29, 1.82) is 0 Å². The van der Waals surface area contributed by atoms with E-state index in [0.717, 1.165) is 0 Å². The number of thiophene rings is 1. The Bertz CT molecular complexity index is 382. The zero-order valence-corrected chi connectivity index (χ0v) is 8.59. The van der Waals surface area contributed by atoms with E-state index in [9.17, 15) is 0 Å². The van der Waals surface area contributed by atoms with Gasteiger partial charge in [0.1, 0.15) is 6.33 Å². The van der Waals surface area contributed by atoms with Crippen LogP contribution in [0.15, 0.2) is 23.8 Å². The van der Waals surface area contributed by atoms with Gasteiger partial charge in [-0.1, -0.05) is 6.07 Å². The Morgan fingerprint density at radius 3 is 3.00 bits per heavy atom. The van der Waals surface area contributed by atoms with Crippen molar-refractivity contribution in [3.05, 3.63) is 34.0 Å². The van der Waals surface area contributed by atoms with Crippen LogP contribution in [0, 0.1) is 0 Å². The molecule has 2 rings (SSSR count). The van der Waals surface area contributed by atoms with Crippen LogP contribution in [0.5, 0.6) is 0 Å². The van der Waals surface area contributed by atoms with Gasteiger partial charge in [0.15, 0.2) is 0 Å². The number of rotatable bonds is 2. The molecule has 0 bridgehead atoms. The van der Waals surface area contributed by atoms with Crippen molar-refractivity contribution in [3.63, 3.8) is 0 Å².